The Morgan fingerprint density at radius 3 is 2.42 bits per heavy atom. The number of nitrogens with zero attached hydrogens (tertiary/aromatic N) is 1. The SMILES string of the molecule is CC(C)CN(CC(N)=O)C(=O)Cc1ccccc1N. The highest BCUT2D eigenvalue weighted by molar-refractivity contribution is 5.85. The van der Waals surface area contributed by atoms with Gasteiger partial charge < -0.3 is 16.4 Å². The summed E-state index contributed by atoms with van der Waals surface area (Å²) in [7, 11) is 0. The van der Waals surface area contributed by atoms with Gasteiger partial charge in [0.05, 0.1) is 13.0 Å². The molecule has 5 nitrogen and oxygen atoms in total. The minimum absolute atomic E-state index is 0.0518. The Hall–Kier alpha value is -2.04. The second-order valence-electron chi connectivity index (χ2n) is 5.01. The minimum atomic E-state index is -0.505. The maximum Gasteiger partial charge on any atom is 0.237 e. The number of amides is 2. The molecule has 0 aromatic heterocycles. The summed E-state index contributed by atoms with van der Waals surface area (Å²) in [4.78, 5) is 24.7. The normalized spacial score (nSPS) is 10.5. The van der Waals surface area contributed by atoms with E-state index in [9.17, 15) is 9.59 Å². The van der Waals surface area contributed by atoms with Gasteiger partial charge in [-0.25, -0.2) is 0 Å². The Morgan fingerprint density at radius 2 is 1.89 bits per heavy atom. The van der Waals surface area contributed by atoms with Gasteiger partial charge >= 0.3 is 0 Å². The number of rotatable bonds is 6. The van der Waals surface area contributed by atoms with Crippen molar-refractivity contribution in [3.63, 3.8) is 0 Å². The van der Waals surface area contributed by atoms with E-state index < -0.39 is 5.91 Å². The number of nitrogens with two attached hydrogens (primary N) is 2. The van der Waals surface area contributed by atoms with Gasteiger partial charge in [0.1, 0.15) is 0 Å². The summed E-state index contributed by atoms with van der Waals surface area (Å²) >= 11 is 0. The molecule has 0 unspecified atom stereocenters. The summed E-state index contributed by atoms with van der Waals surface area (Å²) < 4.78 is 0. The van der Waals surface area contributed by atoms with Crippen LogP contribution < -0.4 is 11.5 Å². The number of anilines is 1. The summed E-state index contributed by atoms with van der Waals surface area (Å²) in [6, 6.07) is 7.22. The van der Waals surface area contributed by atoms with Crippen molar-refractivity contribution in [1.29, 1.82) is 0 Å². The van der Waals surface area contributed by atoms with Gasteiger partial charge in [-0.3, -0.25) is 9.59 Å². The monoisotopic (exact) mass is 263 g/mol. The zero-order chi connectivity index (χ0) is 14.4. The first-order valence-corrected chi connectivity index (χ1v) is 6.29. The van der Waals surface area contributed by atoms with Gasteiger partial charge in [-0.15, -0.1) is 0 Å². The van der Waals surface area contributed by atoms with Crippen LogP contribution >= 0.6 is 0 Å². The molecule has 0 aliphatic carbocycles. The third kappa shape index (κ3) is 4.99. The molecule has 1 aromatic rings. The van der Waals surface area contributed by atoms with Crippen molar-refractivity contribution >= 4 is 17.5 Å². The van der Waals surface area contributed by atoms with E-state index in [1.54, 1.807) is 6.07 Å². The highest BCUT2D eigenvalue weighted by Crippen LogP contribution is 2.13. The van der Waals surface area contributed by atoms with E-state index in [0.717, 1.165) is 5.56 Å². The largest absolute Gasteiger partial charge is 0.398 e. The van der Waals surface area contributed by atoms with E-state index in [1.165, 1.54) is 4.90 Å². The summed E-state index contributed by atoms with van der Waals surface area (Å²) in [6.45, 7) is 4.43. The van der Waals surface area contributed by atoms with Crippen LogP contribution in [0.15, 0.2) is 24.3 Å². The number of primary amides is 1. The van der Waals surface area contributed by atoms with Gasteiger partial charge in [0.25, 0.3) is 0 Å². The smallest absolute Gasteiger partial charge is 0.237 e. The fraction of sp³-hybridized carbons (Fsp3) is 0.429. The molecule has 2 amide bonds. The fourth-order valence-electron chi connectivity index (χ4n) is 1.85. The molecule has 4 N–H and O–H groups in total. The van der Waals surface area contributed by atoms with Crippen LogP contribution in [0.1, 0.15) is 19.4 Å². The molecule has 0 bridgehead atoms. The number of hydrogen-bond donors (Lipinski definition) is 2. The zero-order valence-electron chi connectivity index (χ0n) is 11.4. The van der Waals surface area contributed by atoms with Gasteiger partial charge in [0.15, 0.2) is 0 Å². The minimum Gasteiger partial charge on any atom is -0.398 e. The Kier molecular flexibility index (Phi) is 5.36. The third-order valence-electron chi connectivity index (χ3n) is 2.68. The molecular weight excluding hydrogens is 242 g/mol. The lowest BCUT2D eigenvalue weighted by Crippen LogP contribution is -2.41. The van der Waals surface area contributed by atoms with Crippen molar-refractivity contribution < 1.29 is 9.59 Å². The highest BCUT2D eigenvalue weighted by atomic mass is 16.2. The molecule has 0 radical (unpaired) electrons. The Morgan fingerprint density at radius 1 is 1.26 bits per heavy atom. The zero-order valence-corrected chi connectivity index (χ0v) is 11.4. The van der Waals surface area contributed by atoms with Crippen LogP contribution in [0.2, 0.25) is 0 Å². The Bertz CT molecular complexity index is 458. The van der Waals surface area contributed by atoms with Crippen molar-refractivity contribution in [3.8, 4) is 0 Å². The summed E-state index contributed by atoms with van der Waals surface area (Å²) in [5, 5.41) is 0. The van der Waals surface area contributed by atoms with Crippen LogP contribution in [0, 0.1) is 5.92 Å². The first kappa shape index (κ1) is 15.0. The molecule has 0 saturated heterocycles. The quantitative estimate of drug-likeness (QED) is 0.743. The van der Waals surface area contributed by atoms with Crippen molar-refractivity contribution in [1.82, 2.24) is 4.90 Å². The molecule has 0 heterocycles. The van der Waals surface area contributed by atoms with Crippen LogP contribution in [-0.4, -0.2) is 29.8 Å². The molecule has 0 atom stereocenters. The molecule has 1 aromatic carbocycles. The topological polar surface area (TPSA) is 89.4 Å². The maximum atomic E-state index is 12.2. The van der Waals surface area contributed by atoms with Gasteiger partial charge in [0, 0.05) is 12.2 Å². The van der Waals surface area contributed by atoms with Crippen molar-refractivity contribution in [2.45, 2.75) is 20.3 Å². The third-order valence-corrected chi connectivity index (χ3v) is 2.68. The molecule has 0 aliphatic heterocycles. The van der Waals surface area contributed by atoms with Crippen LogP contribution in [0.3, 0.4) is 0 Å². The Labute approximate surface area is 113 Å². The lowest BCUT2D eigenvalue weighted by atomic mass is 10.1. The van der Waals surface area contributed by atoms with E-state index in [4.69, 9.17) is 11.5 Å². The molecule has 19 heavy (non-hydrogen) atoms. The molecule has 0 spiro atoms. The van der Waals surface area contributed by atoms with Gasteiger partial charge in [-0.05, 0) is 17.5 Å². The predicted molar refractivity (Wildman–Crippen MR) is 75.2 cm³/mol. The highest BCUT2D eigenvalue weighted by Gasteiger charge is 2.18. The van der Waals surface area contributed by atoms with Crippen molar-refractivity contribution in [2.75, 3.05) is 18.8 Å². The second-order valence-corrected chi connectivity index (χ2v) is 5.01. The Balaban J connectivity index is 2.76. The van der Waals surface area contributed by atoms with Gasteiger partial charge in [-0.2, -0.15) is 0 Å². The van der Waals surface area contributed by atoms with Crippen LogP contribution in [0.4, 0.5) is 5.69 Å². The van der Waals surface area contributed by atoms with Crippen LogP contribution in [0.5, 0.6) is 0 Å². The van der Waals surface area contributed by atoms with E-state index in [0.29, 0.717) is 12.2 Å². The maximum absolute atomic E-state index is 12.2. The summed E-state index contributed by atoms with van der Waals surface area (Å²) in [5.41, 5.74) is 12.3. The average molecular weight is 263 g/mol. The standard InChI is InChI=1S/C14H21N3O2/c1-10(2)8-17(9-13(16)18)14(19)7-11-5-3-4-6-12(11)15/h3-6,10H,7-9,15H2,1-2H3,(H2,16,18). The van der Waals surface area contributed by atoms with E-state index in [-0.39, 0.29) is 24.8 Å². The first-order valence-electron chi connectivity index (χ1n) is 6.29. The number of nitrogen functional groups attached to an aromatic ring is 1. The first-order chi connectivity index (χ1) is 8.90. The van der Waals surface area contributed by atoms with Gasteiger partial charge in [0.2, 0.25) is 11.8 Å². The molecule has 0 saturated carbocycles. The summed E-state index contributed by atoms with van der Waals surface area (Å²) in [6.07, 6.45) is 0.187. The summed E-state index contributed by atoms with van der Waals surface area (Å²) in [5.74, 6) is -0.364. The number of carbonyl (C=O) groups excluding carboxylic acids is 2. The molecule has 104 valence electrons. The molecule has 0 aliphatic rings. The number of carbonyl (C=O) groups is 2. The molecule has 0 fully saturated rings. The number of benzene rings is 1. The van der Waals surface area contributed by atoms with Gasteiger partial charge in [-0.1, -0.05) is 32.0 Å². The van der Waals surface area contributed by atoms with E-state index in [2.05, 4.69) is 0 Å². The number of hydrogen-bond acceptors (Lipinski definition) is 3. The van der Waals surface area contributed by atoms with Crippen LogP contribution in [-0.2, 0) is 16.0 Å². The van der Waals surface area contributed by atoms with E-state index in [1.807, 2.05) is 32.0 Å². The molecule has 1 rings (SSSR count). The number of para-hydroxylation sites is 1. The predicted octanol–water partition coefficient (Wildman–Crippen LogP) is 0.781. The lowest BCUT2D eigenvalue weighted by Gasteiger charge is -2.23. The average Bonchev–Trinajstić information content (AvgIpc) is 2.30. The van der Waals surface area contributed by atoms with Crippen LogP contribution in [0.25, 0.3) is 0 Å². The lowest BCUT2D eigenvalue weighted by molar-refractivity contribution is -0.135. The van der Waals surface area contributed by atoms with Crippen molar-refractivity contribution in [2.24, 2.45) is 11.7 Å². The van der Waals surface area contributed by atoms with Crippen molar-refractivity contribution in [3.05, 3.63) is 29.8 Å². The second kappa shape index (κ2) is 6.78. The molecule has 5 heteroatoms. The molecular formula is C14H21N3O2. The fourth-order valence-corrected chi connectivity index (χ4v) is 1.85. The van der Waals surface area contributed by atoms with E-state index >= 15 is 0 Å².